The smallest absolute Gasteiger partial charge is 0.253 e. The van der Waals surface area contributed by atoms with E-state index in [1.54, 1.807) is 26.3 Å². The molecule has 10 heteroatoms. The van der Waals surface area contributed by atoms with Gasteiger partial charge in [0.25, 0.3) is 5.91 Å². The van der Waals surface area contributed by atoms with E-state index in [1.807, 2.05) is 53.1 Å². The molecular weight excluding hydrogens is 460 g/mol. The van der Waals surface area contributed by atoms with Gasteiger partial charge in [0.1, 0.15) is 5.75 Å². The highest BCUT2D eigenvalue weighted by molar-refractivity contribution is 8.00. The summed E-state index contributed by atoms with van der Waals surface area (Å²) in [6.45, 7) is 6.59. The van der Waals surface area contributed by atoms with E-state index in [0.29, 0.717) is 23.3 Å². The largest absolute Gasteiger partial charge is 0.497 e. The molecule has 1 amide bonds. The molecule has 172 valence electrons. The normalized spacial score (nSPS) is 11.8. The number of hydrogen-bond donors (Lipinski definition) is 2. The Morgan fingerprint density at radius 1 is 1.30 bits per heavy atom. The molecule has 3 rings (SSSR count). The maximum atomic E-state index is 12.5. The predicted molar refractivity (Wildman–Crippen MR) is 133 cm³/mol. The predicted octanol–water partition coefficient (Wildman–Crippen LogP) is 4.37. The zero-order valence-corrected chi connectivity index (χ0v) is 19.9. The van der Waals surface area contributed by atoms with Gasteiger partial charge >= 0.3 is 0 Å². The first-order valence-corrected chi connectivity index (χ1v) is 11.4. The van der Waals surface area contributed by atoms with E-state index in [9.17, 15) is 4.79 Å². The van der Waals surface area contributed by atoms with Gasteiger partial charge in [0, 0.05) is 17.3 Å². The lowest BCUT2D eigenvalue weighted by molar-refractivity contribution is -0.120. The van der Waals surface area contributed by atoms with Crippen molar-refractivity contribution in [2.75, 3.05) is 12.4 Å². The molecule has 0 bridgehead atoms. The van der Waals surface area contributed by atoms with Gasteiger partial charge < -0.3 is 14.6 Å². The summed E-state index contributed by atoms with van der Waals surface area (Å²) in [5, 5.41) is 16.8. The molecule has 8 nitrogen and oxygen atoms in total. The highest BCUT2D eigenvalue weighted by Crippen LogP contribution is 2.23. The lowest BCUT2D eigenvalue weighted by Gasteiger charge is -2.12. The van der Waals surface area contributed by atoms with Crippen LogP contribution in [0.3, 0.4) is 0 Å². The van der Waals surface area contributed by atoms with Crippen LogP contribution >= 0.6 is 23.4 Å². The lowest BCUT2D eigenvalue weighted by Crippen LogP contribution is -2.27. The molecule has 33 heavy (non-hydrogen) atoms. The average molecular weight is 485 g/mol. The molecule has 0 aliphatic rings. The maximum absolute atomic E-state index is 12.5. The van der Waals surface area contributed by atoms with E-state index < -0.39 is 5.25 Å². The number of anilines is 1. The van der Waals surface area contributed by atoms with Crippen LogP contribution in [0, 0.1) is 0 Å². The van der Waals surface area contributed by atoms with E-state index >= 15 is 0 Å². The van der Waals surface area contributed by atoms with Crippen molar-refractivity contribution in [2.24, 2.45) is 5.10 Å². The fourth-order valence-electron chi connectivity index (χ4n) is 2.79. The van der Waals surface area contributed by atoms with Gasteiger partial charge in [-0.3, -0.25) is 4.79 Å². The van der Waals surface area contributed by atoms with E-state index in [2.05, 4.69) is 32.6 Å². The molecule has 2 N–H and O–H groups in total. The van der Waals surface area contributed by atoms with E-state index in [-0.39, 0.29) is 5.91 Å². The standard InChI is InChI=1S/C23H25ClN6O2S/c1-4-12-30-21(15-25-19-10-8-18(24)9-11-19)27-29-23(30)33-16(2)22(31)28-26-14-17-6-5-7-20(13-17)32-3/h4-11,13-14,16,25H,1,12,15H2,2-3H3,(H,28,31)/b26-14+. The van der Waals surface area contributed by atoms with Crippen molar-refractivity contribution in [3.05, 3.63) is 77.6 Å². The highest BCUT2D eigenvalue weighted by atomic mass is 35.5. The number of allylic oxidation sites excluding steroid dienone is 1. The SMILES string of the molecule is C=CCn1c(CNc2ccc(Cl)cc2)nnc1SC(C)C(=O)N/N=C/c1cccc(OC)c1. The second-order valence-corrected chi connectivity index (χ2v) is 8.67. The van der Waals surface area contributed by atoms with Gasteiger partial charge in [-0.05, 0) is 48.9 Å². The number of thioether (sulfide) groups is 1. The van der Waals surface area contributed by atoms with Crippen LogP contribution in [-0.2, 0) is 17.9 Å². The summed E-state index contributed by atoms with van der Waals surface area (Å²) in [7, 11) is 1.60. The van der Waals surface area contributed by atoms with Crippen LogP contribution in [0.1, 0.15) is 18.3 Å². The molecule has 0 radical (unpaired) electrons. The molecule has 0 aliphatic heterocycles. The summed E-state index contributed by atoms with van der Waals surface area (Å²) in [6, 6.07) is 14.8. The van der Waals surface area contributed by atoms with Crippen LogP contribution in [0.15, 0.2) is 71.4 Å². The zero-order chi connectivity index (χ0) is 23.6. The molecule has 1 unspecified atom stereocenters. The third-order valence-electron chi connectivity index (χ3n) is 4.53. The monoisotopic (exact) mass is 484 g/mol. The first-order valence-electron chi connectivity index (χ1n) is 10.2. The van der Waals surface area contributed by atoms with Crippen molar-refractivity contribution in [3.63, 3.8) is 0 Å². The van der Waals surface area contributed by atoms with Crippen LogP contribution in [-0.4, -0.2) is 39.2 Å². The van der Waals surface area contributed by atoms with E-state index in [1.165, 1.54) is 11.8 Å². The van der Waals surface area contributed by atoms with Crippen molar-refractivity contribution < 1.29 is 9.53 Å². The topological polar surface area (TPSA) is 93.4 Å². The molecule has 3 aromatic rings. The number of aromatic nitrogens is 3. The van der Waals surface area contributed by atoms with Crippen molar-refractivity contribution in [3.8, 4) is 5.75 Å². The van der Waals surface area contributed by atoms with Gasteiger partial charge in [-0.15, -0.1) is 16.8 Å². The minimum atomic E-state index is -0.433. The summed E-state index contributed by atoms with van der Waals surface area (Å²) < 4.78 is 7.10. The second-order valence-electron chi connectivity index (χ2n) is 6.93. The minimum absolute atomic E-state index is 0.242. The number of methoxy groups -OCH3 is 1. The number of ether oxygens (including phenoxy) is 1. The third kappa shape index (κ3) is 7.10. The number of benzene rings is 2. The number of carbonyl (C=O) groups is 1. The van der Waals surface area contributed by atoms with Crippen molar-refractivity contribution in [1.29, 1.82) is 0 Å². The van der Waals surface area contributed by atoms with Crippen LogP contribution in [0.5, 0.6) is 5.75 Å². The molecule has 0 saturated carbocycles. The Bertz CT molecular complexity index is 1120. The van der Waals surface area contributed by atoms with Gasteiger partial charge in [-0.2, -0.15) is 5.10 Å². The third-order valence-corrected chi connectivity index (χ3v) is 5.87. The Labute approximate surface area is 202 Å². The Morgan fingerprint density at radius 2 is 2.09 bits per heavy atom. The zero-order valence-electron chi connectivity index (χ0n) is 18.4. The summed E-state index contributed by atoms with van der Waals surface area (Å²) in [6.07, 6.45) is 3.33. The van der Waals surface area contributed by atoms with Gasteiger partial charge in [-0.25, -0.2) is 5.43 Å². The fourth-order valence-corrected chi connectivity index (χ4v) is 3.79. The number of carbonyl (C=O) groups excluding carboxylic acids is 1. The summed E-state index contributed by atoms with van der Waals surface area (Å²) in [4.78, 5) is 12.5. The Kier molecular flexibility index (Phi) is 8.91. The number of amides is 1. The highest BCUT2D eigenvalue weighted by Gasteiger charge is 2.19. The lowest BCUT2D eigenvalue weighted by atomic mass is 10.2. The quantitative estimate of drug-likeness (QED) is 0.182. The number of rotatable bonds is 11. The van der Waals surface area contributed by atoms with Crippen LogP contribution in [0.25, 0.3) is 0 Å². The van der Waals surface area contributed by atoms with E-state index in [0.717, 1.165) is 22.8 Å². The van der Waals surface area contributed by atoms with Crippen LogP contribution in [0.2, 0.25) is 5.02 Å². The summed E-state index contributed by atoms with van der Waals surface area (Å²) in [5.74, 6) is 1.21. The van der Waals surface area contributed by atoms with Crippen molar-refractivity contribution in [1.82, 2.24) is 20.2 Å². The molecule has 0 saturated heterocycles. The number of hydrazone groups is 1. The minimum Gasteiger partial charge on any atom is -0.497 e. The van der Waals surface area contributed by atoms with Gasteiger partial charge in [0.05, 0.1) is 25.1 Å². The van der Waals surface area contributed by atoms with Crippen LogP contribution in [0.4, 0.5) is 5.69 Å². The molecule has 2 aromatic carbocycles. The van der Waals surface area contributed by atoms with Crippen LogP contribution < -0.4 is 15.5 Å². The Hall–Kier alpha value is -3.30. The fraction of sp³-hybridized carbons (Fsp3) is 0.217. The van der Waals surface area contributed by atoms with Crippen molar-refractivity contribution in [2.45, 2.75) is 30.4 Å². The molecular formula is C23H25ClN6O2S. The molecule has 1 aromatic heterocycles. The number of hydrogen-bond acceptors (Lipinski definition) is 7. The number of halogens is 1. The average Bonchev–Trinajstić information content (AvgIpc) is 3.20. The van der Waals surface area contributed by atoms with Crippen molar-refractivity contribution >= 4 is 41.2 Å². The number of nitrogens with zero attached hydrogens (tertiary/aromatic N) is 4. The van der Waals surface area contributed by atoms with Gasteiger partial charge in [0.15, 0.2) is 11.0 Å². The molecule has 0 spiro atoms. The van der Waals surface area contributed by atoms with Gasteiger partial charge in [-0.1, -0.05) is 41.6 Å². The number of nitrogens with one attached hydrogen (secondary N) is 2. The summed E-state index contributed by atoms with van der Waals surface area (Å²) >= 11 is 7.24. The summed E-state index contributed by atoms with van der Waals surface area (Å²) in [5.41, 5.74) is 4.30. The first kappa shape index (κ1) is 24.3. The molecule has 1 atom stereocenters. The Balaban J connectivity index is 1.60. The molecule has 0 fully saturated rings. The Morgan fingerprint density at radius 3 is 2.82 bits per heavy atom. The second kappa shape index (κ2) is 12.1. The molecule has 0 aliphatic carbocycles. The molecule has 1 heterocycles. The van der Waals surface area contributed by atoms with E-state index in [4.69, 9.17) is 16.3 Å². The van der Waals surface area contributed by atoms with Gasteiger partial charge in [0.2, 0.25) is 0 Å². The maximum Gasteiger partial charge on any atom is 0.253 e. The first-order chi connectivity index (χ1) is 16.0.